The first kappa shape index (κ1) is 12.9. The van der Waals surface area contributed by atoms with Crippen LogP contribution < -0.4 is 4.72 Å². The molecule has 0 saturated carbocycles. The first-order chi connectivity index (χ1) is 6.92. The van der Waals surface area contributed by atoms with E-state index in [9.17, 15) is 8.42 Å². The zero-order valence-corrected chi connectivity index (χ0v) is 10.9. The second-order valence-corrected chi connectivity index (χ2v) is 6.97. The lowest BCUT2D eigenvalue weighted by molar-refractivity contribution is 0.412. The molecule has 0 radical (unpaired) electrons. The Morgan fingerprint density at radius 2 is 2.13 bits per heavy atom. The summed E-state index contributed by atoms with van der Waals surface area (Å²) in [5.74, 6) is 0. The second-order valence-electron chi connectivity index (χ2n) is 3.26. The quantitative estimate of drug-likeness (QED) is 0.874. The van der Waals surface area contributed by atoms with Crippen molar-refractivity contribution in [3.8, 4) is 0 Å². The van der Waals surface area contributed by atoms with Crippen LogP contribution in [0.2, 0.25) is 4.34 Å². The van der Waals surface area contributed by atoms with Crippen LogP contribution in [0.3, 0.4) is 0 Å². The summed E-state index contributed by atoms with van der Waals surface area (Å²) in [6, 6.07) is 3.08. The van der Waals surface area contributed by atoms with Gasteiger partial charge in [-0.1, -0.05) is 11.6 Å². The number of rotatable bonds is 5. The molecule has 1 N–H and O–H groups in total. The van der Waals surface area contributed by atoms with Gasteiger partial charge >= 0.3 is 0 Å². The summed E-state index contributed by atoms with van der Waals surface area (Å²) in [5.41, 5.74) is 0. The predicted octanol–water partition coefficient (Wildman–Crippen LogP) is 1.24. The van der Waals surface area contributed by atoms with Gasteiger partial charge in [-0.2, -0.15) is 0 Å². The molecule has 0 atom stereocenters. The van der Waals surface area contributed by atoms with Crippen molar-refractivity contribution in [2.45, 2.75) is 4.21 Å². The fourth-order valence-corrected chi connectivity index (χ4v) is 3.47. The lowest BCUT2D eigenvalue weighted by Gasteiger charge is -2.09. The highest BCUT2D eigenvalue weighted by atomic mass is 35.5. The second kappa shape index (κ2) is 5.27. The third-order valence-electron chi connectivity index (χ3n) is 1.66. The average Bonchev–Trinajstić information content (AvgIpc) is 2.51. The van der Waals surface area contributed by atoms with E-state index in [1.54, 1.807) is 6.07 Å². The SMILES string of the molecule is CN(C)CCNS(=O)(=O)c1ccc(Cl)s1. The lowest BCUT2D eigenvalue weighted by Crippen LogP contribution is -2.30. The topological polar surface area (TPSA) is 49.4 Å². The molecule has 0 fully saturated rings. The van der Waals surface area contributed by atoms with E-state index in [0.717, 1.165) is 11.3 Å². The largest absolute Gasteiger partial charge is 0.308 e. The van der Waals surface area contributed by atoms with E-state index in [-0.39, 0.29) is 4.21 Å². The molecule has 1 aromatic heterocycles. The molecule has 0 aromatic carbocycles. The van der Waals surface area contributed by atoms with Gasteiger partial charge in [0, 0.05) is 13.1 Å². The number of sulfonamides is 1. The number of hydrogen-bond acceptors (Lipinski definition) is 4. The highest BCUT2D eigenvalue weighted by Gasteiger charge is 2.15. The normalized spacial score (nSPS) is 12.3. The minimum Gasteiger partial charge on any atom is -0.308 e. The molecule has 7 heteroatoms. The Labute approximate surface area is 98.9 Å². The van der Waals surface area contributed by atoms with E-state index < -0.39 is 10.0 Å². The standard InChI is InChI=1S/C8H13ClN2O2S2/c1-11(2)6-5-10-15(12,13)8-4-3-7(9)14-8/h3-4,10H,5-6H2,1-2H3. The Morgan fingerprint density at radius 1 is 1.47 bits per heavy atom. The van der Waals surface area contributed by atoms with Crippen molar-refractivity contribution in [1.82, 2.24) is 9.62 Å². The van der Waals surface area contributed by atoms with E-state index in [1.807, 2.05) is 19.0 Å². The summed E-state index contributed by atoms with van der Waals surface area (Å²) in [6.07, 6.45) is 0. The third-order valence-corrected chi connectivity index (χ3v) is 4.85. The monoisotopic (exact) mass is 268 g/mol. The summed E-state index contributed by atoms with van der Waals surface area (Å²) in [7, 11) is 0.393. The maximum Gasteiger partial charge on any atom is 0.250 e. The van der Waals surface area contributed by atoms with Crippen molar-refractivity contribution in [2.24, 2.45) is 0 Å². The van der Waals surface area contributed by atoms with Gasteiger partial charge in [-0.3, -0.25) is 0 Å². The minimum atomic E-state index is -3.38. The van der Waals surface area contributed by atoms with Gasteiger partial charge in [0.2, 0.25) is 10.0 Å². The number of nitrogens with one attached hydrogen (secondary N) is 1. The Hall–Kier alpha value is -0.140. The molecule has 1 heterocycles. The van der Waals surface area contributed by atoms with Crippen molar-refractivity contribution in [3.05, 3.63) is 16.5 Å². The van der Waals surface area contributed by atoms with Gasteiger partial charge in [-0.05, 0) is 26.2 Å². The molecule has 0 saturated heterocycles. The van der Waals surface area contributed by atoms with Gasteiger partial charge < -0.3 is 4.90 Å². The number of likely N-dealkylation sites (N-methyl/N-ethyl adjacent to an activating group) is 1. The molecular formula is C8H13ClN2O2S2. The molecule has 86 valence electrons. The zero-order valence-electron chi connectivity index (χ0n) is 8.53. The molecule has 0 unspecified atom stereocenters. The molecule has 15 heavy (non-hydrogen) atoms. The van der Waals surface area contributed by atoms with E-state index in [0.29, 0.717) is 17.4 Å². The molecule has 4 nitrogen and oxygen atoms in total. The number of nitrogens with zero attached hydrogens (tertiary/aromatic N) is 1. The van der Waals surface area contributed by atoms with Crippen LogP contribution in [0, 0.1) is 0 Å². The minimum absolute atomic E-state index is 0.256. The van der Waals surface area contributed by atoms with E-state index in [1.165, 1.54) is 6.07 Å². The van der Waals surface area contributed by atoms with E-state index >= 15 is 0 Å². The van der Waals surface area contributed by atoms with Crippen LogP contribution in [0.25, 0.3) is 0 Å². The molecule has 1 aromatic rings. The van der Waals surface area contributed by atoms with Gasteiger partial charge in [-0.25, -0.2) is 13.1 Å². The molecule has 0 aliphatic carbocycles. The van der Waals surface area contributed by atoms with Crippen molar-refractivity contribution < 1.29 is 8.42 Å². The maximum absolute atomic E-state index is 11.6. The average molecular weight is 269 g/mol. The Morgan fingerprint density at radius 3 is 2.60 bits per heavy atom. The number of thiophene rings is 1. The van der Waals surface area contributed by atoms with Crippen molar-refractivity contribution in [1.29, 1.82) is 0 Å². The van der Waals surface area contributed by atoms with E-state index in [4.69, 9.17) is 11.6 Å². The van der Waals surface area contributed by atoms with Gasteiger partial charge in [0.1, 0.15) is 4.21 Å². The van der Waals surface area contributed by atoms with Crippen LogP contribution >= 0.6 is 22.9 Å². The zero-order chi connectivity index (χ0) is 11.5. The van der Waals surface area contributed by atoms with Crippen LogP contribution in [0.4, 0.5) is 0 Å². The number of hydrogen-bond donors (Lipinski definition) is 1. The highest BCUT2D eigenvalue weighted by molar-refractivity contribution is 7.91. The van der Waals surface area contributed by atoms with Crippen LogP contribution in [0.5, 0.6) is 0 Å². The van der Waals surface area contributed by atoms with Crippen molar-refractivity contribution in [3.63, 3.8) is 0 Å². The maximum atomic E-state index is 11.6. The van der Waals surface area contributed by atoms with E-state index in [2.05, 4.69) is 4.72 Å². The summed E-state index contributed by atoms with van der Waals surface area (Å²) in [5, 5.41) is 0. The van der Waals surface area contributed by atoms with Gasteiger partial charge in [0.15, 0.2) is 0 Å². The van der Waals surface area contributed by atoms with Crippen LogP contribution in [-0.4, -0.2) is 40.5 Å². The van der Waals surface area contributed by atoms with Crippen LogP contribution in [-0.2, 0) is 10.0 Å². The first-order valence-corrected chi connectivity index (χ1v) is 6.99. The fraction of sp³-hybridized carbons (Fsp3) is 0.500. The molecular weight excluding hydrogens is 256 g/mol. The van der Waals surface area contributed by atoms with Crippen LogP contribution in [0.15, 0.2) is 16.3 Å². The summed E-state index contributed by atoms with van der Waals surface area (Å²) >= 11 is 6.72. The Bertz CT molecular complexity index is 414. The summed E-state index contributed by atoms with van der Waals surface area (Å²) in [4.78, 5) is 1.91. The molecule has 0 amide bonds. The molecule has 0 spiro atoms. The Kier molecular flexibility index (Phi) is 4.54. The number of halogens is 1. The first-order valence-electron chi connectivity index (χ1n) is 4.31. The third kappa shape index (κ3) is 4.08. The van der Waals surface area contributed by atoms with Crippen molar-refractivity contribution in [2.75, 3.05) is 27.2 Å². The predicted molar refractivity (Wildman–Crippen MR) is 63.1 cm³/mol. The molecule has 0 bridgehead atoms. The van der Waals surface area contributed by atoms with Gasteiger partial charge in [-0.15, -0.1) is 11.3 Å². The smallest absolute Gasteiger partial charge is 0.250 e. The van der Waals surface area contributed by atoms with Crippen molar-refractivity contribution >= 4 is 33.0 Å². The molecule has 0 aliphatic heterocycles. The molecule has 0 aliphatic rings. The fourth-order valence-electron chi connectivity index (χ4n) is 0.917. The van der Waals surface area contributed by atoms with Crippen LogP contribution in [0.1, 0.15) is 0 Å². The molecule has 1 rings (SSSR count). The summed E-state index contributed by atoms with van der Waals surface area (Å²) < 4.78 is 26.5. The van der Waals surface area contributed by atoms with Gasteiger partial charge in [0.25, 0.3) is 0 Å². The van der Waals surface area contributed by atoms with Gasteiger partial charge in [0.05, 0.1) is 4.34 Å². The highest BCUT2D eigenvalue weighted by Crippen LogP contribution is 2.24. The lowest BCUT2D eigenvalue weighted by atomic mass is 10.6. The Balaban J connectivity index is 2.60. The summed E-state index contributed by atoms with van der Waals surface area (Å²) in [6.45, 7) is 1.06.